The highest BCUT2D eigenvalue weighted by Crippen LogP contribution is 2.36. The van der Waals surface area contributed by atoms with E-state index in [9.17, 15) is 10.1 Å². The van der Waals surface area contributed by atoms with Crippen molar-refractivity contribution in [3.8, 4) is 17.6 Å². The fraction of sp³-hybridized carbons (Fsp3) is 0.0952. The number of amides is 1. The van der Waals surface area contributed by atoms with E-state index in [1.807, 2.05) is 6.07 Å². The minimum atomic E-state index is -0.456. The number of ether oxygens (including phenoxy) is 2. The van der Waals surface area contributed by atoms with E-state index in [0.29, 0.717) is 33.6 Å². The van der Waals surface area contributed by atoms with Crippen LogP contribution in [0.2, 0.25) is 5.02 Å². The van der Waals surface area contributed by atoms with E-state index in [1.165, 1.54) is 26.5 Å². The Bertz CT molecular complexity index is 1160. The van der Waals surface area contributed by atoms with E-state index in [4.69, 9.17) is 37.7 Å². The monoisotopic (exact) mass is 456 g/mol. The predicted octanol–water partition coefficient (Wildman–Crippen LogP) is 4.88. The number of thiocarbonyl (C=S) groups is 1. The van der Waals surface area contributed by atoms with Crippen LogP contribution in [0.3, 0.4) is 0 Å². The molecule has 0 saturated heterocycles. The number of methoxy groups -OCH3 is 2. The van der Waals surface area contributed by atoms with Gasteiger partial charge in [-0.1, -0.05) is 11.6 Å². The van der Waals surface area contributed by atoms with Gasteiger partial charge in [0.05, 0.1) is 42.4 Å². The van der Waals surface area contributed by atoms with Crippen LogP contribution >= 0.6 is 23.8 Å². The highest BCUT2D eigenvalue weighted by atomic mass is 35.5. The van der Waals surface area contributed by atoms with Gasteiger partial charge in [-0.05, 0) is 48.6 Å². The maximum Gasteiger partial charge on any atom is 0.291 e. The third-order valence-electron chi connectivity index (χ3n) is 4.11. The normalized spacial score (nSPS) is 10.0. The lowest BCUT2D eigenvalue weighted by Crippen LogP contribution is -2.20. The zero-order valence-electron chi connectivity index (χ0n) is 16.5. The number of hydrogen-bond donors (Lipinski definition) is 3. The van der Waals surface area contributed by atoms with Crippen LogP contribution in [0, 0.1) is 11.3 Å². The molecule has 0 aliphatic rings. The van der Waals surface area contributed by atoms with Crippen molar-refractivity contribution >= 4 is 51.9 Å². The molecule has 0 aliphatic heterocycles. The number of rotatable bonds is 6. The lowest BCUT2D eigenvalue weighted by Gasteiger charge is -2.16. The number of carbonyl (C=O) groups is 1. The Labute approximate surface area is 188 Å². The summed E-state index contributed by atoms with van der Waals surface area (Å²) in [5.74, 6) is 0.638. The van der Waals surface area contributed by atoms with Gasteiger partial charge in [-0.2, -0.15) is 5.26 Å². The van der Waals surface area contributed by atoms with Crippen molar-refractivity contribution in [1.82, 2.24) is 0 Å². The minimum Gasteiger partial charge on any atom is -0.495 e. The summed E-state index contributed by atoms with van der Waals surface area (Å²) in [4.78, 5) is 12.2. The summed E-state index contributed by atoms with van der Waals surface area (Å²) >= 11 is 11.5. The van der Waals surface area contributed by atoms with Gasteiger partial charge in [-0.3, -0.25) is 4.79 Å². The lowest BCUT2D eigenvalue weighted by atomic mass is 10.1. The first-order valence-electron chi connectivity index (χ1n) is 8.83. The molecule has 0 saturated carbocycles. The molecule has 3 N–H and O–H groups in total. The van der Waals surface area contributed by atoms with Crippen LogP contribution in [0.5, 0.6) is 11.5 Å². The topological polar surface area (TPSA) is 109 Å². The van der Waals surface area contributed by atoms with E-state index in [-0.39, 0.29) is 16.4 Å². The zero-order valence-corrected chi connectivity index (χ0v) is 18.1. The van der Waals surface area contributed by atoms with Crippen molar-refractivity contribution < 1.29 is 18.7 Å². The van der Waals surface area contributed by atoms with Gasteiger partial charge in [-0.25, -0.2) is 0 Å². The summed E-state index contributed by atoms with van der Waals surface area (Å²) in [5.41, 5.74) is 1.67. The van der Waals surface area contributed by atoms with E-state index < -0.39 is 5.91 Å². The Morgan fingerprint density at radius 3 is 2.48 bits per heavy atom. The van der Waals surface area contributed by atoms with Crippen LogP contribution in [0.25, 0.3) is 0 Å². The Balaban J connectivity index is 1.73. The molecule has 2 aromatic carbocycles. The summed E-state index contributed by atoms with van der Waals surface area (Å²) < 4.78 is 15.6. The fourth-order valence-corrected chi connectivity index (χ4v) is 3.13. The molecule has 0 fully saturated rings. The van der Waals surface area contributed by atoms with Crippen molar-refractivity contribution in [2.45, 2.75) is 0 Å². The molecule has 0 radical (unpaired) electrons. The van der Waals surface area contributed by atoms with Gasteiger partial charge in [0.2, 0.25) is 0 Å². The molecule has 3 aromatic rings. The van der Waals surface area contributed by atoms with Crippen LogP contribution in [-0.2, 0) is 0 Å². The summed E-state index contributed by atoms with van der Waals surface area (Å²) in [7, 11) is 3.02. The maximum atomic E-state index is 12.2. The molecule has 3 rings (SSSR count). The maximum absolute atomic E-state index is 12.2. The van der Waals surface area contributed by atoms with Crippen LogP contribution in [-0.4, -0.2) is 25.2 Å². The fourth-order valence-electron chi connectivity index (χ4n) is 2.66. The molecule has 1 amide bonds. The molecule has 0 atom stereocenters. The molecule has 158 valence electrons. The van der Waals surface area contributed by atoms with Crippen molar-refractivity contribution in [2.75, 3.05) is 30.2 Å². The third-order valence-corrected chi connectivity index (χ3v) is 4.61. The standard InChI is InChI=1S/C21H17ClN4O4S/c1-28-18-10-19(29-2)16(9-14(18)22)26-21(31)24-13-5-6-15(12(8-13)11-23)25-20(27)17-4-3-7-30-17/h3-10H,1-2H3,(H,25,27)(H2,24,26,31). The number of benzene rings is 2. The van der Waals surface area contributed by atoms with Gasteiger partial charge >= 0.3 is 0 Å². The van der Waals surface area contributed by atoms with Crippen molar-refractivity contribution in [3.05, 3.63) is 65.1 Å². The number of hydrogen-bond acceptors (Lipinski definition) is 6. The van der Waals surface area contributed by atoms with E-state index >= 15 is 0 Å². The summed E-state index contributed by atoms with van der Waals surface area (Å²) in [5, 5.41) is 18.7. The summed E-state index contributed by atoms with van der Waals surface area (Å²) in [6.07, 6.45) is 1.39. The van der Waals surface area contributed by atoms with E-state index in [1.54, 1.807) is 36.4 Å². The molecule has 0 spiro atoms. The number of halogens is 1. The average molecular weight is 457 g/mol. The quantitative estimate of drug-likeness (QED) is 0.450. The molecule has 10 heteroatoms. The summed E-state index contributed by atoms with van der Waals surface area (Å²) in [6.45, 7) is 0. The first-order chi connectivity index (χ1) is 14.9. The predicted molar refractivity (Wildman–Crippen MR) is 122 cm³/mol. The zero-order chi connectivity index (χ0) is 22.4. The third kappa shape index (κ3) is 5.25. The smallest absolute Gasteiger partial charge is 0.291 e. The Morgan fingerprint density at radius 2 is 1.84 bits per heavy atom. The van der Waals surface area contributed by atoms with Gasteiger partial charge in [0.15, 0.2) is 10.9 Å². The molecule has 0 unspecified atom stereocenters. The number of anilines is 3. The SMILES string of the molecule is COc1cc(OC)c(NC(=S)Nc2ccc(NC(=O)c3ccco3)c(C#N)c2)cc1Cl. The minimum absolute atomic E-state index is 0.142. The highest BCUT2D eigenvalue weighted by molar-refractivity contribution is 7.80. The van der Waals surface area contributed by atoms with Gasteiger partial charge < -0.3 is 29.8 Å². The van der Waals surface area contributed by atoms with Crippen LogP contribution in [0.4, 0.5) is 17.1 Å². The van der Waals surface area contributed by atoms with Gasteiger partial charge in [0, 0.05) is 11.8 Å². The first kappa shape index (κ1) is 22.0. The summed E-state index contributed by atoms with van der Waals surface area (Å²) in [6, 6.07) is 13.3. The van der Waals surface area contributed by atoms with E-state index in [2.05, 4.69) is 16.0 Å². The molecule has 1 heterocycles. The molecule has 31 heavy (non-hydrogen) atoms. The van der Waals surface area contributed by atoms with Crippen molar-refractivity contribution in [3.63, 3.8) is 0 Å². The number of carbonyl (C=O) groups excluding carboxylic acids is 1. The Hall–Kier alpha value is -3.74. The second-order valence-electron chi connectivity index (χ2n) is 6.07. The van der Waals surface area contributed by atoms with Crippen molar-refractivity contribution in [2.24, 2.45) is 0 Å². The lowest BCUT2D eigenvalue weighted by molar-refractivity contribution is 0.0996. The largest absolute Gasteiger partial charge is 0.495 e. The average Bonchev–Trinajstić information content (AvgIpc) is 3.30. The Kier molecular flexibility index (Phi) is 6.97. The molecule has 0 bridgehead atoms. The van der Waals surface area contributed by atoms with Gasteiger partial charge in [0.1, 0.15) is 17.6 Å². The number of nitrogens with zero attached hydrogens (tertiary/aromatic N) is 1. The first-order valence-corrected chi connectivity index (χ1v) is 9.62. The molecule has 0 aliphatic carbocycles. The number of furan rings is 1. The van der Waals surface area contributed by atoms with Crippen LogP contribution in [0.15, 0.2) is 53.1 Å². The van der Waals surface area contributed by atoms with Crippen molar-refractivity contribution in [1.29, 1.82) is 5.26 Å². The molecule has 8 nitrogen and oxygen atoms in total. The Morgan fingerprint density at radius 1 is 1.06 bits per heavy atom. The molecule has 1 aromatic heterocycles. The van der Waals surface area contributed by atoms with Gasteiger partial charge in [-0.15, -0.1) is 0 Å². The van der Waals surface area contributed by atoms with E-state index in [0.717, 1.165) is 0 Å². The number of nitriles is 1. The van der Waals surface area contributed by atoms with Crippen LogP contribution < -0.4 is 25.4 Å². The van der Waals surface area contributed by atoms with Crippen LogP contribution in [0.1, 0.15) is 16.1 Å². The molecular weight excluding hydrogens is 440 g/mol. The second kappa shape index (κ2) is 9.84. The molecular formula is C21H17ClN4O4S. The number of nitrogens with one attached hydrogen (secondary N) is 3. The second-order valence-corrected chi connectivity index (χ2v) is 6.89. The van der Waals surface area contributed by atoms with Gasteiger partial charge in [0.25, 0.3) is 5.91 Å². The highest BCUT2D eigenvalue weighted by Gasteiger charge is 2.14.